The molecule has 84 valence electrons. The SMILES string of the molecule is Cc1cc(CNc2ccc(F)cn2)c(C)o1. The van der Waals surface area contributed by atoms with Gasteiger partial charge in [-0.05, 0) is 32.0 Å². The van der Waals surface area contributed by atoms with Crippen LogP contribution in [0.2, 0.25) is 0 Å². The molecule has 0 unspecified atom stereocenters. The molecule has 0 aliphatic carbocycles. The second-order valence-corrected chi connectivity index (χ2v) is 3.65. The highest BCUT2D eigenvalue weighted by atomic mass is 19.1. The minimum absolute atomic E-state index is 0.333. The predicted molar refractivity (Wildman–Crippen MR) is 59.7 cm³/mol. The van der Waals surface area contributed by atoms with Gasteiger partial charge in [-0.15, -0.1) is 0 Å². The van der Waals surface area contributed by atoms with Gasteiger partial charge in [-0.2, -0.15) is 0 Å². The van der Waals surface area contributed by atoms with Crippen molar-refractivity contribution >= 4 is 5.82 Å². The zero-order valence-electron chi connectivity index (χ0n) is 9.25. The zero-order valence-corrected chi connectivity index (χ0v) is 9.25. The summed E-state index contributed by atoms with van der Waals surface area (Å²) >= 11 is 0. The first-order valence-corrected chi connectivity index (χ1v) is 5.06. The van der Waals surface area contributed by atoms with Gasteiger partial charge < -0.3 is 9.73 Å². The third-order valence-corrected chi connectivity index (χ3v) is 2.33. The Morgan fingerprint density at radius 1 is 1.38 bits per heavy atom. The van der Waals surface area contributed by atoms with E-state index in [-0.39, 0.29) is 5.82 Å². The number of aromatic nitrogens is 1. The molecule has 4 heteroatoms. The van der Waals surface area contributed by atoms with Crippen LogP contribution in [0.1, 0.15) is 17.1 Å². The molecule has 0 radical (unpaired) electrons. The van der Waals surface area contributed by atoms with E-state index in [0.29, 0.717) is 12.4 Å². The van der Waals surface area contributed by atoms with Crippen LogP contribution in [0.25, 0.3) is 0 Å². The maximum absolute atomic E-state index is 12.6. The predicted octanol–water partition coefficient (Wildman–Crippen LogP) is 3.04. The molecule has 0 fully saturated rings. The Labute approximate surface area is 93.3 Å². The summed E-state index contributed by atoms with van der Waals surface area (Å²) in [6.07, 6.45) is 1.19. The molecule has 2 aromatic rings. The van der Waals surface area contributed by atoms with Crippen molar-refractivity contribution in [2.24, 2.45) is 0 Å². The number of hydrogen-bond acceptors (Lipinski definition) is 3. The number of rotatable bonds is 3. The molecule has 2 heterocycles. The molecular formula is C12H13FN2O. The van der Waals surface area contributed by atoms with Crippen LogP contribution in [0.4, 0.5) is 10.2 Å². The van der Waals surface area contributed by atoms with Crippen molar-refractivity contribution in [3.8, 4) is 0 Å². The molecule has 2 aromatic heterocycles. The van der Waals surface area contributed by atoms with E-state index >= 15 is 0 Å². The number of aryl methyl sites for hydroxylation is 2. The molecule has 0 saturated carbocycles. The maximum atomic E-state index is 12.6. The zero-order chi connectivity index (χ0) is 11.5. The van der Waals surface area contributed by atoms with Gasteiger partial charge in [0.25, 0.3) is 0 Å². The second-order valence-electron chi connectivity index (χ2n) is 3.65. The topological polar surface area (TPSA) is 38.1 Å². The van der Waals surface area contributed by atoms with Crippen molar-refractivity contribution in [3.63, 3.8) is 0 Å². The fourth-order valence-electron chi connectivity index (χ4n) is 1.53. The molecule has 0 aliphatic heterocycles. The van der Waals surface area contributed by atoms with Crippen LogP contribution in [0.5, 0.6) is 0 Å². The van der Waals surface area contributed by atoms with Crippen LogP contribution < -0.4 is 5.32 Å². The number of furan rings is 1. The van der Waals surface area contributed by atoms with Crippen LogP contribution in [-0.4, -0.2) is 4.98 Å². The highest BCUT2D eigenvalue weighted by molar-refractivity contribution is 5.35. The minimum Gasteiger partial charge on any atom is -0.466 e. The van der Waals surface area contributed by atoms with Crippen molar-refractivity contribution in [1.29, 1.82) is 0 Å². The number of nitrogens with zero attached hydrogens (tertiary/aromatic N) is 1. The molecule has 2 rings (SSSR count). The van der Waals surface area contributed by atoms with Crippen LogP contribution in [0.15, 0.2) is 28.8 Å². The average molecular weight is 220 g/mol. The average Bonchev–Trinajstić information content (AvgIpc) is 2.57. The monoisotopic (exact) mass is 220 g/mol. The molecule has 0 aliphatic rings. The minimum atomic E-state index is -0.333. The van der Waals surface area contributed by atoms with E-state index in [1.807, 2.05) is 19.9 Å². The van der Waals surface area contributed by atoms with Gasteiger partial charge in [0.2, 0.25) is 0 Å². The second kappa shape index (κ2) is 4.35. The van der Waals surface area contributed by atoms with E-state index in [9.17, 15) is 4.39 Å². The first-order valence-electron chi connectivity index (χ1n) is 5.06. The summed E-state index contributed by atoms with van der Waals surface area (Å²) in [5.41, 5.74) is 1.09. The molecule has 3 nitrogen and oxygen atoms in total. The maximum Gasteiger partial charge on any atom is 0.141 e. The van der Waals surface area contributed by atoms with E-state index in [1.165, 1.54) is 12.3 Å². The van der Waals surface area contributed by atoms with E-state index in [2.05, 4.69) is 10.3 Å². The molecule has 0 spiro atoms. The van der Waals surface area contributed by atoms with Gasteiger partial charge in [-0.3, -0.25) is 0 Å². The van der Waals surface area contributed by atoms with Gasteiger partial charge >= 0.3 is 0 Å². The van der Waals surface area contributed by atoms with Gasteiger partial charge in [-0.25, -0.2) is 9.37 Å². The summed E-state index contributed by atoms with van der Waals surface area (Å²) in [6.45, 7) is 4.45. The van der Waals surface area contributed by atoms with Crippen molar-refractivity contribution in [3.05, 3.63) is 47.3 Å². The molecule has 0 saturated heterocycles. The lowest BCUT2D eigenvalue weighted by molar-refractivity contribution is 0.501. The van der Waals surface area contributed by atoms with Gasteiger partial charge in [0.15, 0.2) is 0 Å². The summed E-state index contributed by atoms with van der Waals surface area (Å²) < 4.78 is 18.0. The number of pyridine rings is 1. The van der Waals surface area contributed by atoms with Gasteiger partial charge in [0.1, 0.15) is 23.2 Å². The summed E-state index contributed by atoms with van der Waals surface area (Å²) in [4.78, 5) is 3.91. The van der Waals surface area contributed by atoms with E-state index in [4.69, 9.17) is 4.42 Å². The van der Waals surface area contributed by atoms with Crippen LogP contribution in [0, 0.1) is 19.7 Å². The van der Waals surface area contributed by atoms with Gasteiger partial charge in [0.05, 0.1) is 6.20 Å². The number of nitrogens with one attached hydrogen (secondary N) is 1. The standard InChI is InChI=1S/C12H13FN2O/c1-8-5-10(9(2)16-8)6-14-12-4-3-11(13)7-15-12/h3-5,7H,6H2,1-2H3,(H,14,15). The van der Waals surface area contributed by atoms with E-state index in [0.717, 1.165) is 17.1 Å². The summed E-state index contributed by atoms with van der Waals surface area (Å²) in [5, 5.41) is 3.10. The molecule has 1 N–H and O–H groups in total. The first-order chi connectivity index (χ1) is 7.65. The number of halogens is 1. The normalized spacial score (nSPS) is 10.4. The summed E-state index contributed by atoms with van der Waals surface area (Å²) in [5.74, 6) is 2.11. The van der Waals surface area contributed by atoms with E-state index in [1.54, 1.807) is 6.07 Å². The lowest BCUT2D eigenvalue weighted by Crippen LogP contribution is -2.01. The molecule has 16 heavy (non-hydrogen) atoms. The smallest absolute Gasteiger partial charge is 0.141 e. The number of anilines is 1. The van der Waals surface area contributed by atoms with Crippen LogP contribution in [-0.2, 0) is 6.54 Å². The Kier molecular flexibility index (Phi) is 2.90. The third-order valence-electron chi connectivity index (χ3n) is 2.33. The Morgan fingerprint density at radius 3 is 2.75 bits per heavy atom. The van der Waals surface area contributed by atoms with E-state index < -0.39 is 0 Å². The van der Waals surface area contributed by atoms with Crippen LogP contribution >= 0.6 is 0 Å². The third kappa shape index (κ3) is 2.39. The lowest BCUT2D eigenvalue weighted by Gasteiger charge is -2.03. The fraction of sp³-hybridized carbons (Fsp3) is 0.250. The Morgan fingerprint density at radius 2 is 2.19 bits per heavy atom. The Hall–Kier alpha value is -1.84. The quantitative estimate of drug-likeness (QED) is 0.863. The van der Waals surface area contributed by atoms with Crippen LogP contribution in [0.3, 0.4) is 0 Å². The first kappa shape index (κ1) is 10.7. The molecule has 0 bridgehead atoms. The summed E-state index contributed by atoms with van der Waals surface area (Å²) in [7, 11) is 0. The highest BCUT2D eigenvalue weighted by Crippen LogP contribution is 2.15. The lowest BCUT2D eigenvalue weighted by atomic mass is 10.2. The fourth-order valence-corrected chi connectivity index (χ4v) is 1.53. The number of hydrogen-bond donors (Lipinski definition) is 1. The van der Waals surface area contributed by atoms with Crippen molar-refractivity contribution in [2.45, 2.75) is 20.4 Å². The van der Waals surface area contributed by atoms with Gasteiger partial charge in [0, 0.05) is 12.1 Å². The summed E-state index contributed by atoms with van der Waals surface area (Å²) in [6, 6.07) is 4.96. The van der Waals surface area contributed by atoms with Crippen molar-refractivity contribution in [1.82, 2.24) is 4.98 Å². The molecule has 0 aromatic carbocycles. The highest BCUT2D eigenvalue weighted by Gasteiger charge is 2.04. The molecular weight excluding hydrogens is 207 g/mol. The Bertz CT molecular complexity index is 476. The van der Waals surface area contributed by atoms with Crippen molar-refractivity contribution < 1.29 is 8.81 Å². The Balaban J connectivity index is 2.02. The van der Waals surface area contributed by atoms with Crippen molar-refractivity contribution in [2.75, 3.05) is 5.32 Å². The molecule has 0 amide bonds. The largest absolute Gasteiger partial charge is 0.466 e. The van der Waals surface area contributed by atoms with Gasteiger partial charge in [-0.1, -0.05) is 0 Å². The molecule has 0 atom stereocenters.